The van der Waals surface area contributed by atoms with Gasteiger partial charge in [0.2, 0.25) is 10.0 Å². The number of amides is 1. The Bertz CT molecular complexity index is 615. The van der Waals surface area contributed by atoms with Gasteiger partial charge in [-0.1, -0.05) is 0 Å². The van der Waals surface area contributed by atoms with Gasteiger partial charge in [0, 0.05) is 39.4 Å². The summed E-state index contributed by atoms with van der Waals surface area (Å²) in [6.45, 7) is 0.971. The highest BCUT2D eigenvalue weighted by Gasteiger charge is 2.38. The highest BCUT2D eigenvalue weighted by Crippen LogP contribution is 2.24. The molecule has 0 aliphatic carbocycles. The van der Waals surface area contributed by atoms with Crippen LogP contribution < -0.4 is 5.32 Å². The zero-order valence-corrected chi connectivity index (χ0v) is 12.9. The first-order chi connectivity index (χ1) is 9.27. The van der Waals surface area contributed by atoms with Gasteiger partial charge in [0.1, 0.15) is 10.6 Å². The maximum Gasteiger partial charge on any atom is 0.267 e. The zero-order valence-electron chi connectivity index (χ0n) is 12.1. The van der Waals surface area contributed by atoms with Crippen LogP contribution in [0.2, 0.25) is 0 Å². The summed E-state index contributed by atoms with van der Waals surface area (Å²) in [7, 11) is 3.53. The summed E-state index contributed by atoms with van der Waals surface area (Å²) in [5.41, 5.74) is 0.329. The Kier molecular flexibility index (Phi) is 3.90. The Balaban J connectivity index is 2.22. The van der Waals surface area contributed by atoms with Crippen molar-refractivity contribution in [1.29, 1.82) is 0 Å². The van der Waals surface area contributed by atoms with Crippen LogP contribution in [0, 0.1) is 0 Å². The van der Waals surface area contributed by atoms with Gasteiger partial charge in [0.05, 0.1) is 0 Å². The predicted molar refractivity (Wildman–Crippen MR) is 75.0 cm³/mol. The molecule has 2 heterocycles. The number of likely N-dealkylation sites (N-methyl/N-ethyl adjacent to an activating group) is 1. The fourth-order valence-corrected chi connectivity index (χ4v) is 3.70. The van der Waals surface area contributed by atoms with E-state index in [9.17, 15) is 13.2 Å². The summed E-state index contributed by atoms with van der Waals surface area (Å²) in [5.74, 6) is -0.302. The first-order valence-electron chi connectivity index (χ1n) is 6.32. The molecule has 2 rings (SSSR count). The van der Waals surface area contributed by atoms with Crippen LogP contribution in [-0.4, -0.2) is 68.4 Å². The predicted octanol–water partition coefficient (Wildman–Crippen LogP) is -0.681. The summed E-state index contributed by atoms with van der Waals surface area (Å²) >= 11 is 0. The Hall–Kier alpha value is -1.38. The number of hydrogen-bond donors (Lipinski definition) is 1. The summed E-state index contributed by atoms with van der Waals surface area (Å²) in [4.78, 5) is 13.8. The largest absolute Gasteiger partial charge is 0.354 e. The van der Waals surface area contributed by atoms with Crippen molar-refractivity contribution in [3.05, 3.63) is 18.0 Å². The first kappa shape index (κ1) is 15.0. The molecule has 1 saturated heterocycles. The van der Waals surface area contributed by atoms with Crippen LogP contribution in [0.1, 0.15) is 10.5 Å². The second-order valence-corrected chi connectivity index (χ2v) is 7.13. The van der Waals surface area contributed by atoms with Gasteiger partial charge in [-0.15, -0.1) is 0 Å². The Labute approximate surface area is 119 Å². The van der Waals surface area contributed by atoms with Crippen LogP contribution >= 0.6 is 0 Å². The van der Waals surface area contributed by atoms with Crippen LogP contribution in [0.25, 0.3) is 0 Å². The molecule has 0 bridgehead atoms. The van der Waals surface area contributed by atoms with Crippen LogP contribution in [-0.2, 0) is 17.1 Å². The molecule has 0 radical (unpaired) electrons. The number of hydrogen-bond acceptors (Lipinski definition) is 4. The number of sulfonamides is 1. The lowest BCUT2D eigenvalue weighted by Gasteiger charge is -2.41. The number of aromatic nitrogens is 1. The summed E-state index contributed by atoms with van der Waals surface area (Å²) < 4.78 is 27.8. The van der Waals surface area contributed by atoms with Gasteiger partial charge < -0.3 is 14.8 Å². The van der Waals surface area contributed by atoms with E-state index in [1.165, 1.54) is 28.2 Å². The van der Waals surface area contributed by atoms with E-state index in [0.717, 1.165) is 0 Å². The van der Waals surface area contributed by atoms with Crippen molar-refractivity contribution in [2.24, 2.45) is 7.05 Å². The summed E-state index contributed by atoms with van der Waals surface area (Å²) in [6, 6.07) is 1.67. The monoisotopic (exact) mass is 300 g/mol. The van der Waals surface area contributed by atoms with Crippen molar-refractivity contribution in [3.8, 4) is 0 Å². The molecular weight excluding hydrogens is 280 g/mol. The number of aryl methyl sites for hydroxylation is 1. The molecule has 0 saturated carbocycles. The summed E-state index contributed by atoms with van der Waals surface area (Å²) in [5, 5.41) is 2.49. The lowest BCUT2D eigenvalue weighted by Crippen LogP contribution is -2.58. The number of carbonyl (C=O) groups is 1. The molecule has 1 amide bonds. The van der Waals surface area contributed by atoms with Gasteiger partial charge in [0.15, 0.2) is 0 Å². The van der Waals surface area contributed by atoms with Crippen molar-refractivity contribution in [2.75, 3.05) is 34.2 Å². The van der Waals surface area contributed by atoms with E-state index in [-0.39, 0.29) is 16.8 Å². The number of nitrogens with zero attached hydrogens (tertiary/aromatic N) is 3. The van der Waals surface area contributed by atoms with Gasteiger partial charge in [-0.25, -0.2) is 8.42 Å². The Morgan fingerprint density at radius 1 is 1.40 bits per heavy atom. The van der Waals surface area contributed by atoms with Gasteiger partial charge in [-0.2, -0.15) is 4.31 Å². The molecule has 1 aliphatic heterocycles. The number of rotatable bonds is 4. The third-order valence-corrected chi connectivity index (χ3v) is 5.43. The third-order valence-electron chi connectivity index (χ3n) is 3.64. The maximum absolute atomic E-state index is 12.4. The fourth-order valence-electron chi connectivity index (χ4n) is 2.12. The highest BCUT2D eigenvalue weighted by molar-refractivity contribution is 7.89. The molecular formula is C12H20N4O3S. The molecule has 0 aromatic carbocycles. The summed E-state index contributed by atoms with van der Waals surface area (Å²) in [6.07, 6.45) is 1.48. The minimum Gasteiger partial charge on any atom is -0.354 e. The number of nitrogens with one attached hydrogen (secondary N) is 1. The van der Waals surface area contributed by atoms with Crippen molar-refractivity contribution in [3.63, 3.8) is 0 Å². The highest BCUT2D eigenvalue weighted by atomic mass is 32.2. The smallest absolute Gasteiger partial charge is 0.267 e. The van der Waals surface area contributed by atoms with E-state index >= 15 is 0 Å². The molecule has 1 aliphatic rings. The Morgan fingerprint density at radius 3 is 2.50 bits per heavy atom. The molecule has 1 fully saturated rings. The van der Waals surface area contributed by atoms with Crippen molar-refractivity contribution in [1.82, 2.24) is 19.1 Å². The molecule has 1 aromatic heterocycles. The molecule has 0 spiro atoms. The maximum atomic E-state index is 12.4. The lowest BCUT2D eigenvalue weighted by atomic mass is 10.2. The average molecular weight is 300 g/mol. The Morgan fingerprint density at radius 2 is 2.00 bits per heavy atom. The van der Waals surface area contributed by atoms with Crippen LogP contribution in [0.3, 0.4) is 0 Å². The molecule has 112 valence electrons. The quantitative estimate of drug-likeness (QED) is 0.799. The minimum atomic E-state index is -3.51. The zero-order chi connectivity index (χ0) is 15.1. The first-order valence-corrected chi connectivity index (χ1v) is 7.76. The van der Waals surface area contributed by atoms with Gasteiger partial charge >= 0.3 is 0 Å². The van der Waals surface area contributed by atoms with E-state index in [4.69, 9.17) is 0 Å². The molecule has 20 heavy (non-hydrogen) atoms. The molecule has 8 heteroatoms. The molecule has 1 N–H and O–H groups in total. The average Bonchev–Trinajstić information content (AvgIpc) is 2.68. The van der Waals surface area contributed by atoms with Gasteiger partial charge in [0.25, 0.3) is 5.91 Å². The minimum absolute atomic E-state index is 0.163. The van der Waals surface area contributed by atoms with Gasteiger partial charge in [-0.3, -0.25) is 4.79 Å². The molecule has 0 atom stereocenters. The van der Waals surface area contributed by atoms with Crippen LogP contribution in [0.4, 0.5) is 0 Å². The SMILES string of the molecule is CNC(=O)c1cc(S(=O)(=O)N2CC(N(C)C)C2)cn1C. The van der Waals surface area contributed by atoms with Gasteiger partial charge in [-0.05, 0) is 20.2 Å². The van der Waals surface area contributed by atoms with E-state index in [0.29, 0.717) is 18.8 Å². The molecule has 7 nitrogen and oxygen atoms in total. The standard InChI is InChI=1S/C12H20N4O3S/c1-13-12(17)11-5-10(8-15(11)4)20(18,19)16-6-9(7-16)14(2)3/h5,8-9H,6-7H2,1-4H3,(H,13,17). The second kappa shape index (κ2) is 5.19. The van der Waals surface area contributed by atoms with Crippen molar-refractivity contribution in [2.45, 2.75) is 10.9 Å². The third kappa shape index (κ3) is 2.46. The fraction of sp³-hybridized carbons (Fsp3) is 0.583. The van der Waals surface area contributed by atoms with E-state index in [2.05, 4.69) is 5.32 Å². The van der Waals surface area contributed by atoms with E-state index in [1.54, 1.807) is 7.05 Å². The second-order valence-electron chi connectivity index (χ2n) is 5.19. The number of carbonyl (C=O) groups excluding carboxylic acids is 1. The van der Waals surface area contributed by atoms with E-state index in [1.807, 2.05) is 19.0 Å². The van der Waals surface area contributed by atoms with Crippen LogP contribution in [0.5, 0.6) is 0 Å². The lowest BCUT2D eigenvalue weighted by molar-refractivity contribution is 0.0955. The van der Waals surface area contributed by atoms with Crippen molar-refractivity contribution < 1.29 is 13.2 Å². The molecule has 0 unspecified atom stereocenters. The molecule has 1 aromatic rings. The normalized spacial score (nSPS) is 17.2. The van der Waals surface area contributed by atoms with E-state index < -0.39 is 10.0 Å². The van der Waals surface area contributed by atoms with Crippen molar-refractivity contribution >= 4 is 15.9 Å². The van der Waals surface area contributed by atoms with Crippen LogP contribution in [0.15, 0.2) is 17.2 Å². The topological polar surface area (TPSA) is 74.7 Å².